The molecule has 0 bridgehead atoms. The minimum atomic E-state index is -4.34. The van der Waals surface area contributed by atoms with E-state index < -0.39 is 18.6 Å². The normalized spacial score (nSPS) is 11.9. The Balaban J connectivity index is 3.42. The molecule has 0 fully saturated rings. The van der Waals surface area contributed by atoms with Crippen molar-refractivity contribution in [3.8, 4) is 0 Å². The van der Waals surface area contributed by atoms with E-state index in [2.05, 4.69) is 5.32 Å². The minimum Gasteiger partial charge on any atom is -0.346 e. The van der Waals surface area contributed by atoms with Crippen molar-refractivity contribution in [2.24, 2.45) is 5.92 Å². The molecule has 0 rings (SSSR count). The summed E-state index contributed by atoms with van der Waals surface area (Å²) in [5.74, 6) is -0.119. The largest absolute Gasteiger partial charge is 0.405 e. The molecule has 0 atom stereocenters. The van der Waals surface area contributed by atoms with E-state index in [1.54, 1.807) is 5.32 Å². The topological polar surface area (TPSA) is 41.1 Å². The third-order valence-electron chi connectivity index (χ3n) is 1.67. The van der Waals surface area contributed by atoms with E-state index >= 15 is 0 Å². The molecule has 0 unspecified atom stereocenters. The van der Waals surface area contributed by atoms with Gasteiger partial charge in [-0.25, -0.2) is 0 Å². The van der Waals surface area contributed by atoms with Gasteiger partial charge in [0.25, 0.3) is 0 Å². The molecular formula is C9H17F3N2O. The van der Waals surface area contributed by atoms with Gasteiger partial charge in [0, 0.05) is 0 Å². The summed E-state index contributed by atoms with van der Waals surface area (Å²) in [7, 11) is 0. The van der Waals surface area contributed by atoms with Crippen LogP contribution in [0.15, 0.2) is 0 Å². The van der Waals surface area contributed by atoms with E-state index in [-0.39, 0.29) is 6.54 Å². The molecule has 0 aliphatic carbocycles. The lowest BCUT2D eigenvalue weighted by Crippen LogP contribution is -2.39. The average molecular weight is 226 g/mol. The standard InChI is InChI=1S/C9H17F3N2O/c1-7(2)3-4-13-5-8(15)14-6-9(10,11)12/h7,13H,3-6H2,1-2H3,(H,14,15). The van der Waals surface area contributed by atoms with E-state index in [1.165, 1.54) is 0 Å². The number of alkyl halides is 3. The molecule has 0 aliphatic rings. The van der Waals surface area contributed by atoms with Crippen LogP contribution in [0.25, 0.3) is 0 Å². The Labute approximate surface area is 87.4 Å². The predicted octanol–water partition coefficient (Wildman–Crippen LogP) is 1.30. The average Bonchev–Trinajstić information content (AvgIpc) is 2.07. The van der Waals surface area contributed by atoms with Crippen LogP contribution in [-0.4, -0.2) is 31.7 Å². The van der Waals surface area contributed by atoms with Crippen LogP contribution in [0.3, 0.4) is 0 Å². The van der Waals surface area contributed by atoms with Crippen molar-refractivity contribution in [1.82, 2.24) is 10.6 Å². The highest BCUT2D eigenvalue weighted by Crippen LogP contribution is 2.11. The van der Waals surface area contributed by atoms with Crippen molar-refractivity contribution in [3.05, 3.63) is 0 Å². The van der Waals surface area contributed by atoms with Crippen molar-refractivity contribution in [3.63, 3.8) is 0 Å². The molecule has 90 valence electrons. The lowest BCUT2D eigenvalue weighted by Gasteiger charge is -2.09. The van der Waals surface area contributed by atoms with E-state index in [1.807, 2.05) is 13.8 Å². The van der Waals surface area contributed by atoms with Gasteiger partial charge in [0.15, 0.2) is 0 Å². The molecule has 6 heteroatoms. The van der Waals surface area contributed by atoms with Gasteiger partial charge in [-0.2, -0.15) is 13.2 Å². The third-order valence-corrected chi connectivity index (χ3v) is 1.67. The van der Waals surface area contributed by atoms with Gasteiger partial charge in [-0.3, -0.25) is 4.79 Å². The fourth-order valence-corrected chi connectivity index (χ4v) is 0.854. The van der Waals surface area contributed by atoms with Crippen molar-refractivity contribution in [2.75, 3.05) is 19.6 Å². The highest BCUT2D eigenvalue weighted by Gasteiger charge is 2.27. The van der Waals surface area contributed by atoms with Crippen LogP contribution in [0, 0.1) is 5.92 Å². The van der Waals surface area contributed by atoms with Crippen LogP contribution in [0.1, 0.15) is 20.3 Å². The molecule has 15 heavy (non-hydrogen) atoms. The molecule has 0 aromatic rings. The summed E-state index contributed by atoms with van der Waals surface area (Å²) in [6.07, 6.45) is -3.44. The van der Waals surface area contributed by atoms with Gasteiger partial charge >= 0.3 is 6.18 Å². The Hall–Kier alpha value is -0.780. The number of hydrogen-bond acceptors (Lipinski definition) is 2. The maximum Gasteiger partial charge on any atom is 0.405 e. The number of amides is 1. The fourth-order valence-electron chi connectivity index (χ4n) is 0.854. The monoisotopic (exact) mass is 226 g/mol. The maximum atomic E-state index is 11.7. The number of halogens is 3. The number of rotatable bonds is 6. The van der Waals surface area contributed by atoms with Crippen molar-refractivity contribution < 1.29 is 18.0 Å². The van der Waals surface area contributed by atoms with Gasteiger partial charge in [0.1, 0.15) is 6.54 Å². The second-order valence-electron chi connectivity index (χ2n) is 3.75. The summed E-state index contributed by atoms with van der Waals surface area (Å²) in [5, 5.41) is 4.56. The van der Waals surface area contributed by atoms with Crippen molar-refractivity contribution >= 4 is 5.91 Å². The lowest BCUT2D eigenvalue weighted by molar-refractivity contribution is -0.137. The molecule has 0 heterocycles. The van der Waals surface area contributed by atoms with E-state index in [0.29, 0.717) is 12.5 Å². The first kappa shape index (κ1) is 14.2. The number of carbonyl (C=O) groups is 1. The molecule has 2 N–H and O–H groups in total. The highest BCUT2D eigenvalue weighted by atomic mass is 19.4. The number of carbonyl (C=O) groups excluding carboxylic acids is 1. The van der Waals surface area contributed by atoms with Crippen LogP contribution in [-0.2, 0) is 4.79 Å². The summed E-state index contributed by atoms with van der Waals surface area (Å²) in [5.41, 5.74) is 0. The molecule has 0 aromatic carbocycles. The van der Waals surface area contributed by atoms with Crippen LogP contribution in [0.2, 0.25) is 0 Å². The third kappa shape index (κ3) is 11.1. The van der Waals surface area contributed by atoms with Crippen molar-refractivity contribution in [1.29, 1.82) is 0 Å². The van der Waals surface area contributed by atoms with E-state index in [0.717, 1.165) is 6.42 Å². The van der Waals surface area contributed by atoms with Crippen LogP contribution in [0.4, 0.5) is 13.2 Å². The predicted molar refractivity (Wildman–Crippen MR) is 51.4 cm³/mol. The molecule has 1 amide bonds. The second-order valence-corrected chi connectivity index (χ2v) is 3.75. The van der Waals surface area contributed by atoms with Gasteiger partial charge in [0.2, 0.25) is 5.91 Å². The van der Waals surface area contributed by atoms with Gasteiger partial charge in [-0.05, 0) is 18.9 Å². The Morgan fingerprint density at radius 1 is 1.33 bits per heavy atom. The SMILES string of the molecule is CC(C)CCNCC(=O)NCC(F)(F)F. The first-order valence-electron chi connectivity index (χ1n) is 4.85. The summed E-state index contributed by atoms with van der Waals surface area (Å²) < 4.78 is 35.0. The molecule has 0 aliphatic heterocycles. The zero-order valence-corrected chi connectivity index (χ0v) is 8.95. The Morgan fingerprint density at radius 3 is 2.40 bits per heavy atom. The Morgan fingerprint density at radius 2 is 1.93 bits per heavy atom. The molecule has 0 radical (unpaired) electrons. The smallest absolute Gasteiger partial charge is 0.346 e. The number of nitrogens with one attached hydrogen (secondary N) is 2. The Kier molecular flexibility index (Phi) is 6.31. The fraction of sp³-hybridized carbons (Fsp3) is 0.889. The number of hydrogen-bond donors (Lipinski definition) is 2. The quantitative estimate of drug-likeness (QED) is 0.670. The molecular weight excluding hydrogens is 209 g/mol. The summed E-state index contributed by atoms with van der Waals surface area (Å²) in [6.45, 7) is 3.37. The molecule has 3 nitrogen and oxygen atoms in total. The molecule has 0 saturated carbocycles. The van der Waals surface area contributed by atoms with Crippen LogP contribution < -0.4 is 10.6 Å². The van der Waals surface area contributed by atoms with E-state index in [4.69, 9.17) is 0 Å². The first-order valence-corrected chi connectivity index (χ1v) is 4.85. The van der Waals surface area contributed by atoms with Gasteiger partial charge in [-0.1, -0.05) is 13.8 Å². The lowest BCUT2D eigenvalue weighted by atomic mass is 10.1. The Bertz CT molecular complexity index is 192. The molecule has 0 saturated heterocycles. The zero-order chi connectivity index (χ0) is 11.9. The van der Waals surface area contributed by atoms with Crippen molar-refractivity contribution in [2.45, 2.75) is 26.4 Å². The van der Waals surface area contributed by atoms with Crippen LogP contribution >= 0.6 is 0 Å². The minimum absolute atomic E-state index is 0.0667. The highest BCUT2D eigenvalue weighted by molar-refractivity contribution is 5.77. The summed E-state index contributed by atoms with van der Waals surface area (Å²) in [6, 6.07) is 0. The van der Waals surface area contributed by atoms with E-state index in [9.17, 15) is 18.0 Å². The zero-order valence-electron chi connectivity index (χ0n) is 8.95. The van der Waals surface area contributed by atoms with Gasteiger partial charge < -0.3 is 10.6 Å². The second kappa shape index (κ2) is 6.66. The van der Waals surface area contributed by atoms with Gasteiger partial charge in [0.05, 0.1) is 6.54 Å². The molecule has 0 aromatic heterocycles. The van der Waals surface area contributed by atoms with Crippen LogP contribution in [0.5, 0.6) is 0 Å². The van der Waals surface area contributed by atoms with Gasteiger partial charge in [-0.15, -0.1) is 0 Å². The summed E-state index contributed by atoms with van der Waals surface area (Å²) in [4.78, 5) is 10.9. The summed E-state index contributed by atoms with van der Waals surface area (Å²) >= 11 is 0. The first-order chi connectivity index (χ1) is 6.81. The maximum absolute atomic E-state index is 11.7. The molecule has 0 spiro atoms.